The fourth-order valence-corrected chi connectivity index (χ4v) is 2.21. The monoisotopic (exact) mass is 326 g/mol. The first kappa shape index (κ1) is 17.9. The van der Waals surface area contributed by atoms with Crippen LogP contribution in [0.25, 0.3) is 0 Å². The quantitative estimate of drug-likeness (QED) is 0.793. The van der Waals surface area contributed by atoms with E-state index in [0.717, 1.165) is 28.3 Å². The van der Waals surface area contributed by atoms with Crippen LogP contribution in [-0.2, 0) is 4.79 Å². The molecule has 2 aromatic carbocycles. The van der Waals surface area contributed by atoms with Crippen molar-refractivity contribution in [1.82, 2.24) is 0 Å². The number of anilines is 2. The van der Waals surface area contributed by atoms with Crippen LogP contribution in [0.3, 0.4) is 0 Å². The summed E-state index contributed by atoms with van der Waals surface area (Å²) in [7, 11) is 0. The first-order valence-electron chi connectivity index (χ1n) is 8.28. The molecule has 4 nitrogen and oxygen atoms in total. The lowest BCUT2D eigenvalue weighted by molar-refractivity contribution is -0.114. The summed E-state index contributed by atoms with van der Waals surface area (Å²) >= 11 is 0. The van der Waals surface area contributed by atoms with Crippen LogP contribution in [-0.4, -0.2) is 19.1 Å². The third-order valence-corrected chi connectivity index (χ3v) is 3.54. The fraction of sp³-hybridized carbons (Fsp3) is 0.350. The van der Waals surface area contributed by atoms with E-state index in [0.29, 0.717) is 12.5 Å². The highest BCUT2D eigenvalue weighted by molar-refractivity contribution is 5.94. The summed E-state index contributed by atoms with van der Waals surface area (Å²) < 4.78 is 5.70. The number of hydrogen-bond acceptors (Lipinski definition) is 3. The number of aryl methyl sites for hydroxylation is 2. The molecule has 0 saturated carbocycles. The zero-order valence-electron chi connectivity index (χ0n) is 14.8. The molecule has 1 amide bonds. The molecule has 24 heavy (non-hydrogen) atoms. The first-order chi connectivity index (χ1) is 11.4. The van der Waals surface area contributed by atoms with E-state index in [1.807, 2.05) is 56.3 Å². The van der Waals surface area contributed by atoms with E-state index in [4.69, 9.17) is 4.74 Å². The molecule has 4 heteroatoms. The predicted molar refractivity (Wildman–Crippen MR) is 99.8 cm³/mol. The van der Waals surface area contributed by atoms with Crippen molar-refractivity contribution in [3.05, 3.63) is 53.6 Å². The van der Waals surface area contributed by atoms with Gasteiger partial charge in [-0.2, -0.15) is 0 Å². The summed E-state index contributed by atoms with van der Waals surface area (Å²) in [5, 5.41) is 6.08. The van der Waals surface area contributed by atoms with Crippen LogP contribution in [0.5, 0.6) is 5.75 Å². The molecule has 2 N–H and O–H groups in total. The first-order valence-corrected chi connectivity index (χ1v) is 8.28. The number of benzene rings is 2. The molecule has 2 aromatic rings. The Labute approximate surface area is 144 Å². The number of hydrogen-bond donors (Lipinski definition) is 2. The molecule has 0 aliphatic heterocycles. The van der Waals surface area contributed by atoms with Gasteiger partial charge in [-0.1, -0.05) is 32.0 Å². The third kappa shape index (κ3) is 5.61. The maximum absolute atomic E-state index is 12.1. The molecule has 0 radical (unpaired) electrons. The van der Waals surface area contributed by atoms with E-state index in [9.17, 15) is 4.79 Å². The van der Waals surface area contributed by atoms with Crippen molar-refractivity contribution in [3.63, 3.8) is 0 Å². The molecule has 0 unspecified atom stereocenters. The second-order valence-electron chi connectivity index (χ2n) is 6.45. The van der Waals surface area contributed by atoms with E-state index in [2.05, 4.69) is 24.5 Å². The number of rotatable bonds is 7. The van der Waals surface area contributed by atoms with Gasteiger partial charge in [-0.15, -0.1) is 0 Å². The van der Waals surface area contributed by atoms with E-state index >= 15 is 0 Å². The normalized spacial score (nSPS) is 10.5. The Kier molecular flexibility index (Phi) is 6.24. The van der Waals surface area contributed by atoms with Gasteiger partial charge in [0, 0.05) is 17.4 Å². The summed E-state index contributed by atoms with van der Waals surface area (Å²) in [5.74, 6) is 1.21. The van der Waals surface area contributed by atoms with Crippen LogP contribution in [0, 0.1) is 19.8 Å². The minimum absolute atomic E-state index is 0.0720. The van der Waals surface area contributed by atoms with Crippen molar-refractivity contribution < 1.29 is 9.53 Å². The van der Waals surface area contributed by atoms with Gasteiger partial charge in [0.05, 0.1) is 13.2 Å². The molecule has 0 aromatic heterocycles. The molecule has 0 spiro atoms. The van der Waals surface area contributed by atoms with Crippen LogP contribution >= 0.6 is 0 Å². The highest BCUT2D eigenvalue weighted by Crippen LogP contribution is 2.19. The van der Waals surface area contributed by atoms with Gasteiger partial charge in [0.25, 0.3) is 0 Å². The molecule has 0 aliphatic rings. The second-order valence-corrected chi connectivity index (χ2v) is 6.45. The van der Waals surface area contributed by atoms with Gasteiger partial charge < -0.3 is 15.4 Å². The van der Waals surface area contributed by atoms with Gasteiger partial charge in [0.15, 0.2) is 0 Å². The molecular weight excluding hydrogens is 300 g/mol. The number of ether oxygens (including phenoxy) is 1. The Balaban J connectivity index is 1.89. The summed E-state index contributed by atoms with van der Waals surface area (Å²) in [6, 6.07) is 13.7. The highest BCUT2D eigenvalue weighted by atomic mass is 16.5. The van der Waals surface area contributed by atoms with Crippen molar-refractivity contribution in [2.45, 2.75) is 27.7 Å². The predicted octanol–water partition coefficient (Wildman–Crippen LogP) is 4.39. The van der Waals surface area contributed by atoms with Crippen LogP contribution in [0.15, 0.2) is 42.5 Å². The lowest BCUT2D eigenvalue weighted by atomic mass is 10.1. The van der Waals surface area contributed by atoms with E-state index in [-0.39, 0.29) is 12.5 Å². The number of nitrogens with one attached hydrogen (secondary N) is 2. The largest absolute Gasteiger partial charge is 0.493 e. The van der Waals surface area contributed by atoms with Crippen LogP contribution in [0.2, 0.25) is 0 Å². The minimum atomic E-state index is -0.0720. The number of carbonyl (C=O) groups is 1. The smallest absolute Gasteiger partial charge is 0.243 e. The molecule has 0 atom stereocenters. The fourth-order valence-electron chi connectivity index (χ4n) is 2.21. The van der Waals surface area contributed by atoms with Crippen molar-refractivity contribution in [3.8, 4) is 5.75 Å². The standard InChI is InChI=1S/C20H26N2O2/c1-14(2)13-24-18-7-5-6-17(11-18)21-12-20(23)22-19-10-15(3)8-9-16(19)4/h5-11,14,21H,12-13H2,1-4H3,(H,22,23). The van der Waals surface area contributed by atoms with Gasteiger partial charge in [0.1, 0.15) is 5.75 Å². The van der Waals surface area contributed by atoms with Crippen molar-refractivity contribution in [2.24, 2.45) is 5.92 Å². The zero-order valence-corrected chi connectivity index (χ0v) is 14.8. The maximum Gasteiger partial charge on any atom is 0.243 e. The molecular formula is C20H26N2O2. The molecule has 0 saturated heterocycles. The molecule has 0 fully saturated rings. The summed E-state index contributed by atoms with van der Waals surface area (Å²) in [5.41, 5.74) is 3.90. The molecule has 0 heterocycles. The zero-order chi connectivity index (χ0) is 17.5. The topological polar surface area (TPSA) is 50.4 Å². The third-order valence-electron chi connectivity index (χ3n) is 3.54. The van der Waals surface area contributed by atoms with Crippen molar-refractivity contribution >= 4 is 17.3 Å². The lowest BCUT2D eigenvalue weighted by Gasteiger charge is -2.12. The van der Waals surface area contributed by atoms with E-state index in [1.165, 1.54) is 0 Å². The van der Waals surface area contributed by atoms with Crippen molar-refractivity contribution in [1.29, 1.82) is 0 Å². The van der Waals surface area contributed by atoms with Gasteiger partial charge in [-0.25, -0.2) is 0 Å². The Hall–Kier alpha value is -2.49. The molecule has 0 bridgehead atoms. The average Bonchev–Trinajstić information content (AvgIpc) is 2.55. The van der Waals surface area contributed by atoms with Gasteiger partial charge >= 0.3 is 0 Å². The maximum atomic E-state index is 12.1. The summed E-state index contributed by atoms with van der Waals surface area (Å²) in [6.07, 6.45) is 0. The van der Waals surface area contributed by atoms with Gasteiger partial charge in [-0.3, -0.25) is 4.79 Å². The molecule has 2 rings (SSSR count). The Morgan fingerprint density at radius 3 is 2.67 bits per heavy atom. The number of carbonyl (C=O) groups excluding carboxylic acids is 1. The Bertz CT molecular complexity index is 696. The molecule has 0 aliphatic carbocycles. The van der Waals surface area contributed by atoms with Gasteiger partial charge in [0.2, 0.25) is 5.91 Å². The average molecular weight is 326 g/mol. The van der Waals surface area contributed by atoms with E-state index < -0.39 is 0 Å². The summed E-state index contributed by atoms with van der Waals surface area (Å²) in [4.78, 5) is 12.1. The van der Waals surface area contributed by atoms with Crippen LogP contribution in [0.1, 0.15) is 25.0 Å². The van der Waals surface area contributed by atoms with Gasteiger partial charge in [-0.05, 0) is 49.1 Å². The number of amides is 1. The van der Waals surface area contributed by atoms with E-state index in [1.54, 1.807) is 0 Å². The SMILES string of the molecule is Cc1ccc(C)c(NC(=O)CNc2cccc(OCC(C)C)c2)c1. The van der Waals surface area contributed by atoms with Crippen LogP contribution in [0.4, 0.5) is 11.4 Å². The Morgan fingerprint density at radius 1 is 1.12 bits per heavy atom. The lowest BCUT2D eigenvalue weighted by Crippen LogP contribution is -2.22. The molecule has 128 valence electrons. The van der Waals surface area contributed by atoms with Crippen LogP contribution < -0.4 is 15.4 Å². The second kappa shape index (κ2) is 8.39. The van der Waals surface area contributed by atoms with Crippen molar-refractivity contribution in [2.75, 3.05) is 23.8 Å². The highest BCUT2D eigenvalue weighted by Gasteiger charge is 2.06. The Morgan fingerprint density at radius 2 is 1.92 bits per heavy atom. The minimum Gasteiger partial charge on any atom is -0.493 e. The summed E-state index contributed by atoms with van der Waals surface area (Å²) in [6.45, 7) is 9.10.